The van der Waals surface area contributed by atoms with Crippen molar-refractivity contribution >= 4 is 11.9 Å². The van der Waals surface area contributed by atoms with Gasteiger partial charge in [-0.15, -0.1) is 0 Å². The molecule has 0 radical (unpaired) electrons. The summed E-state index contributed by atoms with van der Waals surface area (Å²) in [5, 5.41) is 6.39. The Morgan fingerprint density at radius 2 is 2.14 bits per heavy atom. The Balaban J connectivity index is 1.84. The largest absolute Gasteiger partial charge is 0.469 e. The van der Waals surface area contributed by atoms with Gasteiger partial charge in [-0.25, -0.2) is 0 Å². The molecule has 2 heterocycles. The first-order valence-corrected chi connectivity index (χ1v) is 7.80. The van der Waals surface area contributed by atoms with E-state index in [-0.39, 0.29) is 18.3 Å². The van der Waals surface area contributed by atoms with E-state index >= 15 is 0 Å². The maximum absolute atomic E-state index is 12.2. The molecule has 0 aliphatic carbocycles. The van der Waals surface area contributed by atoms with Crippen LogP contribution in [0, 0.1) is 5.92 Å². The van der Waals surface area contributed by atoms with E-state index in [0.717, 1.165) is 25.9 Å². The first kappa shape index (κ1) is 16.2. The minimum Gasteiger partial charge on any atom is -0.469 e. The third-order valence-electron chi connectivity index (χ3n) is 4.51. The third kappa shape index (κ3) is 4.97. The maximum atomic E-state index is 12.2. The number of hydrogen-bond acceptors (Lipinski definition) is 5. The highest BCUT2D eigenvalue weighted by Crippen LogP contribution is 2.25. The van der Waals surface area contributed by atoms with Gasteiger partial charge in [0.2, 0.25) is 5.91 Å². The fourth-order valence-electron chi connectivity index (χ4n) is 3.11. The van der Waals surface area contributed by atoms with Crippen LogP contribution < -0.4 is 10.6 Å². The van der Waals surface area contributed by atoms with Crippen LogP contribution >= 0.6 is 0 Å². The molecule has 6 nitrogen and oxygen atoms in total. The quantitative estimate of drug-likeness (QED) is 0.703. The van der Waals surface area contributed by atoms with Crippen LogP contribution in [0.3, 0.4) is 0 Å². The van der Waals surface area contributed by atoms with Crippen molar-refractivity contribution in [3.05, 3.63) is 0 Å². The summed E-state index contributed by atoms with van der Waals surface area (Å²) < 4.78 is 10.1. The molecule has 0 aromatic carbocycles. The minimum absolute atomic E-state index is 0.0349. The van der Waals surface area contributed by atoms with E-state index in [2.05, 4.69) is 10.6 Å². The normalized spacial score (nSPS) is 24.5. The van der Waals surface area contributed by atoms with Crippen molar-refractivity contribution in [1.82, 2.24) is 10.6 Å². The summed E-state index contributed by atoms with van der Waals surface area (Å²) in [4.78, 5) is 23.8. The number of esters is 1. The van der Waals surface area contributed by atoms with Crippen LogP contribution in [0.5, 0.6) is 0 Å². The lowest BCUT2D eigenvalue weighted by Crippen LogP contribution is -2.53. The molecule has 2 fully saturated rings. The number of amides is 1. The van der Waals surface area contributed by atoms with Gasteiger partial charge in [0, 0.05) is 19.6 Å². The zero-order chi connectivity index (χ0) is 15.1. The Bertz CT molecular complexity index is 361. The second-order valence-corrected chi connectivity index (χ2v) is 6.09. The van der Waals surface area contributed by atoms with Gasteiger partial charge in [-0.3, -0.25) is 9.59 Å². The van der Waals surface area contributed by atoms with Gasteiger partial charge in [-0.05, 0) is 44.7 Å². The minimum atomic E-state index is -0.490. The molecule has 21 heavy (non-hydrogen) atoms. The van der Waals surface area contributed by atoms with Crippen molar-refractivity contribution in [3.63, 3.8) is 0 Å². The van der Waals surface area contributed by atoms with Crippen molar-refractivity contribution in [1.29, 1.82) is 0 Å². The molecule has 2 saturated heterocycles. The lowest BCUT2D eigenvalue weighted by Gasteiger charge is -2.37. The molecule has 120 valence electrons. The molecule has 0 saturated carbocycles. The van der Waals surface area contributed by atoms with Gasteiger partial charge in [0.25, 0.3) is 0 Å². The van der Waals surface area contributed by atoms with Gasteiger partial charge in [-0.1, -0.05) is 0 Å². The average Bonchev–Trinajstić information content (AvgIpc) is 2.99. The Morgan fingerprint density at radius 1 is 1.38 bits per heavy atom. The molecule has 0 spiro atoms. The highest BCUT2D eigenvalue weighted by atomic mass is 16.5. The van der Waals surface area contributed by atoms with Gasteiger partial charge in [-0.2, -0.15) is 0 Å². The molecule has 1 atom stereocenters. The molecule has 2 aliphatic rings. The lowest BCUT2D eigenvalue weighted by atomic mass is 9.86. The van der Waals surface area contributed by atoms with Gasteiger partial charge in [0.05, 0.1) is 19.1 Å². The van der Waals surface area contributed by atoms with Crippen molar-refractivity contribution < 1.29 is 19.1 Å². The van der Waals surface area contributed by atoms with Crippen molar-refractivity contribution in [2.75, 3.05) is 33.4 Å². The summed E-state index contributed by atoms with van der Waals surface area (Å²) in [7, 11) is 1.38. The number of ether oxygens (including phenoxy) is 2. The van der Waals surface area contributed by atoms with Gasteiger partial charge < -0.3 is 20.1 Å². The van der Waals surface area contributed by atoms with E-state index in [0.29, 0.717) is 38.4 Å². The average molecular weight is 298 g/mol. The summed E-state index contributed by atoms with van der Waals surface area (Å²) in [5.74, 6) is 0.354. The van der Waals surface area contributed by atoms with Gasteiger partial charge in [0.1, 0.15) is 0 Å². The van der Waals surface area contributed by atoms with Crippen LogP contribution in [0.25, 0.3) is 0 Å². The fourth-order valence-corrected chi connectivity index (χ4v) is 3.11. The van der Waals surface area contributed by atoms with Crippen LogP contribution in [-0.2, 0) is 19.1 Å². The molecule has 6 heteroatoms. The van der Waals surface area contributed by atoms with Crippen LogP contribution in [0.1, 0.15) is 38.5 Å². The zero-order valence-electron chi connectivity index (χ0n) is 12.8. The smallest absolute Gasteiger partial charge is 0.307 e. The SMILES string of the molecule is COC(=O)CC1(NC(=O)CCC2CCNC2)CCOCC1. The predicted octanol–water partition coefficient (Wildman–Crippen LogP) is 0.605. The Hall–Kier alpha value is -1.14. The summed E-state index contributed by atoms with van der Waals surface area (Å²) in [6.45, 7) is 3.21. The molecule has 0 bridgehead atoms. The second kappa shape index (κ2) is 7.75. The highest BCUT2D eigenvalue weighted by Gasteiger charge is 2.36. The first-order chi connectivity index (χ1) is 10.1. The molecule has 0 aromatic heterocycles. The van der Waals surface area contributed by atoms with Crippen LogP contribution in [0.4, 0.5) is 0 Å². The Kier molecular flexibility index (Phi) is 5.99. The number of carbonyl (C=O) groups excluding carboxylic acids is 2. The summed E-state index contributed by atoms with van der Waals surface area (Å²) in [6.07, 6.45) is 4.13. The zero-order valence-corrected chi connectivity index (χ0v) is 12.8. The molecule has 2 rings (SSSR count). The number of methoxy groups -OCH3 is 1. The van der Waals surface area contributed by atoms with Crippen LogP contribution in [-0.4, -0.2) is 50.8 Å². The van der Waals surface area contributed by atoms with Crippen molar-refractivity contribution in [2.45, 2.75) is 44.1 Å². The van der Waals surface area contributed by atoms with Crippen molar-refractivity contribution in [2.24, 2.45) is 5.92 Å². The maximum Gasteiger partial charge on any atom is 0.307 e. The molecule has 1 unspecified atom stereocenters. The molecule has 1 amide bonds. The molecule has 0 aromatic rings. The molecule has 2 N–H and O–H groups in total. The second-order valence-electron chi connectivity index (χ2n) is 6.09. The molecule has 2 aliphatic heterocycles. The van der Waals surface area contributed by atoms with Gasteiger partial charge >= 0.3 is 5.97 Å². The van der Waals surface area contributed by atoms with E-state index in [1.54, 1.807) is 0 Å². The highest BCUT2D eigenvalue weighted by molar-refractivity contribution is 5.78. The van der Waals surface area contributed by atoms with E-state index in [1.807, 2.05) is 0 Å². The topological polar surface area (TPSA) is 76.7 Å². The monoisotopic (exact) mass is 298 g/mol. The number of carbonyl (C=O) groups is 2. The van der Waals surface area contributed by atoms with E-state index in [4.69, 9.17) is 9.47 Å². The first-order valence-electron chi connectivity index (χ1n) is 7.80. The molecular weight excluding hydrogens is 272 g/mol. The van der Waals surface area contributed by atoms with Gasteiger partial charge in [0.15, 0.2) is 0 Å². The summed E-state index contributed by atoms with van der Waals surface area (Å²) in [6, 6.07) is 0. The van der Waals surface area contributed by atoms with Crippen molar-refractivity contribution in [3.8, 4) is 0 Å². The lowest BCUT2D eigenvalue weighted by molar-refractivity contribution is -0.144. The number of hydrogen-bond donors (Lipinski definition) is 2. The van der Waals surface area contributed by atoms with Crippen LogP contribution in [0.15, 0.2) is 0 Å². The Labute approximate surface area is 125 Å². The van der Waals surface area contributed by atoms with E-state index < -0.39 is 5.54 Å². The van der Waals surface area contributed by atoms with E-state index in [9.17, 15) is 9.59 Å². The fraction of sp³-hybridized carbons (Fsp3) is 0.867. The Morgan fingerprint density at radius 3 is 2.76 bits per heavy atom. The summed E-state index contributed by atoms with van der Waals surface area (Å²) in [5.41, 5.74) is -0.490. The summed E-state index contributed by atoms with van der Waals surface area (Å²) >= 11 is 0. The standard InChI is InChI=1S/C15H26N2O4/c1-20-14(19)10-15(5-8-21-9-6-15)17-13(18)3-2-12-4-7-16-11-12/h12,16H,2-11H2,1H3,(H,17,18). The number of rotatable bonds is 6. The predicted molar refractivity (Wildman–Crippen MR) is 77.8 cm³/mol. The third-order valence-corrected chi connectivity index (χ3v) is 4.51. The number of nitrogens with one attached hydrogen (secondary N) is 2. The van der Waals surface area contributed by atoms with E-state index in [1.165, 1.54) is 7.11 Å². The van der Waals surface area contributed by atoms with Crippen LogP contribution in [0.2, 0.25) is 0 Å². The molecular formula is C15H26N2O4.